The number of nitrogens with one attached hydrogen (secondary N) is 1. The van der Waals surface area contributed by atoms with Gasteiger partial charge in [0.15, 0.2) is 0 Å². The van der Waals surface area contributed by atoms with E-state index in [-0.39, 0.29) is 39.9 Å². The van der Waals surface area contributed by atoms with Crippen LogP contribution in [0.4, 0.5) is 22.0 Å². The molecule has 0 fully saturated rings. The third-order valence-electron chi connectivity index (χ3n) is 3.65. The lowest BCUT2D eigenvalue weighted by Gasteiger charge is -2.03. The second-order valence-corrected chi connectivity index (χ2v) is 6.43. The zero-order valence-corrected chi connectivity index (χ0v) is 13.2. The number of rotatable bonds is 4. The third-order valence-corrected chi connectivity index (χ3v) is 4.80. The first kappa shape index (κ1) is 17.4. The van der Waals surface area contributed by atoms with Gasteiger partial charge in [-0.25, -0.2) is 8.78 Å². The minimum absolute atomic E-state index is 0.0706. The Morgan fingerprint density at radius 2 is 1.92 bits per heavy atom. The highest BCUT2D eigenvalue weighted by Crippen LogP contribution is 2.41. The largest absolute Gasteiger partial charge is 0.481 e. The van der Waals surface area contributed by atoms with Crippen molar-refractivity contribution >= 4 is 28.2 Å². The highest BCUT2D eigenvalue weighted by Gasteiger charge is 2.33. The molecule has 2 aromatic heterocycles. The molecule has 0 unspecified atom stereocenters. The number of carboxylic acid groups (broad SMARTS) is 1. The predicted molar refractivity (Wildman–Crippen MR) is 82.5 cm³/mol. The molecule has 0 saturated heterocycles. The van der Waals surface area contributed by atoms with Crippen LogP contribution in [0.3, 0.4) is 0 Å². The summed E-state index contributed by atoms with van der Waals surface area (Å²) in [6, 6.07) is 3.80. The van der Waals surface area contributed by atoms with Crippen LogP contribution < -0.4 is 0 Å². The van der Waals surface area contributed by atoms with Crippen molar-refractivity contribution < 1.29 is 31.9 Å². The van der Waals surface area contributed by atoms with Gasteiger partial charge < -0.3 is 10.1 Å². The number of alkyl halides is 3. The number of hydrogen-bond donors (Lipinski definition) is 2. The Bertz CT molecular complexity index is 957. The van der Waals surface area contributed by atoms with Gasteiger partial charge in [-0.3, -0.25) is 4.79 Å². The van der Waals surface area contributed by atoms with Crippen LogP contribution in [0.1, 0.15) is 16.9 Å². The Kier molecular flexibility index (Phi) is 4.28. The molecule has 3 nitrogen and oxygen atoms in total. The van der Waals surface area contributed by atoms with Crippen LogP contribution in [0.5, 0.6) is 0 Å². The number of aryl methyl sites for hydroxylation is 1. The molecule has 1 aromatic carbocycles. The summed E-state index contributed by atoms with van der Waals surface area (Å²) >= 11 is 0.447. The number of aromatic amines is 1. The van der Waals surface area contributed by atoms with Crippen LogP contribution in [0.15, 0.2) is 24.3 Å². The molecule has 3 aromatic rings. The summed E-state index contributed by atoms with van der Waals surface area (Å²) in [4.78, 5) is 12.9. The molecule has 0 spiro atoms. The first-order valence-electron chi connectivity index (χ1n) is 7.05. The number of halogens is 5. The van der Waals surface area contributed by atoms with Crippen molar-refractivity contribution in [1.29, 1.82) is 0 Å². The zero-order valence-electron chi connectivity index (χ0n) is 12.4. The van der Waals surface area contributed by atoms with Crippen molar-refractivity contribution in [1.82, 2.24) is 4.98 Å². The Morgan fingerprint density at radius 1 is 1.20 bits per heavy atom. The molecule has 25 heavy (non-hydrogen) atoms. The zero-order chi connectivity index (χ0) is 18.4. The molecule has 0 bridgehead atoms. The fourth-order valence-electron chi connectivity index (χ4n) is 2.60. The van der Waals surface area contributed by atoms with Crippen LogP contribution in [-0.2, 0) is 17.4 Å². The van der Waals surface area contributed by atoms with Gasteiger partial charge >= 0.3 is 12.1 Å². The quantitative estimate of drug-likeness (QED) is 0.615. The lowest BCUT2D eigenvalue weighted by atomic mass is 10.0. The molecule has 132 valence electrons. The SMILES string of the molecule is O=C(O)CCc1c(-c2ccc(C(F)(F)F)s2)[nH]c2c(F)cc(F)cc12. The molecular weight excluding hydrogens is 365 g/mol. The Balaban J connectivity index is 2.19. The Hall–Kier alpha value is -2.42. The third kappa shape index (κ3) is 3.37. The van der Waals surface area contributed by atoms with Crippen LogP contribution >= 0.6 is 11.3 Å². The van der Waals surface area contributed by atoms with Crippen LogP contribution in [0, 0.1) is 11.6 Å². The van der Waals surface area contributed by atoms with E-state index in [0.717, 1.165) is 12.1 Å². The lowest BCUT2D eigenvalue weighted by Crippen LogP contribution is -2.00. The van der Waals surface area contributed by atoms with Gasteiger partial charge in [-0.1, -0.05) is 0 Å². The molecule has 0 aliphatic heterocycles. The molecule has 0 amide bonds. The number of aliphatic carboxylic acids is 1. The molecule has 2 N–H and O–H groups in total. The molecular formula is C16H10F5NO2S. The van der Waals surface area contributed by atoms with Crippen molar-refractivity contribution in [2.75, 3.05) is 0 Å². The number of H-pyrrole nitrogens is 1. The lowest BCUT2D eigenvalue weighted by molar-refractivity contribution is -0.137. The second kappa shape index (κ2) is 6.14. The molecule has 0 aliphatic carbocycles. The molecule has 0 atom stereocenters. The monoisotopic (exact) mass is 375 g/mol. The number of fused-ring (bicyclic) bond motifs is 1. The van der Waals surface area contributed by atoms with Crippen molar-refractivity contribution in [3.05, 3.63) is 46.3 Å². The molecule has 9 heteroatoms. The molecule has 0 aliphatic rings. The van der Waals surface area contributed by atoms with E-state index in [1.54, 1.807) is 0 Å². The number of thiophene rings is 1. The second-order valence-electron chi connectivity index (χ2n) is 5.34. The van der Waals surface area contributed by atoms with Gasteiger partial charge in [0.1, 0.15) is 16.5 Å². The van der Waals surface area contributed by atoms with Crippen LogP contribution in [0.2, 0.25) is 0 Å². The summed E-state index contributed by atoms with van der Waals surface area (Å²) in [5.41, 5.74) is 0.367. The predicted octanol–water partition coefficient (Wildman–Crippen LogP) is 5.21. The maximum atomic E-state index is 14.0. The minimum atomic E-state index is -4.52. The highest BCUT2D eigenvalue weighted by atomic mass is 32.1. The van der Waals surface area contributed by atoms with Gasteiger partial charge in [0.2, 0.25) is 0 Å². The molecule has 0 saturated carbocycles. The van der Waals surface area contributed by atoms with Gasteiger partial charge in [0.25, 0.3) is 0 Å². The summed E-state index contributed by atoms with van der Waals surface area (Å²) in [6.45, 7) is 0. The minimum Gasteiger partial charge on any atom is -0.481 e. The first-order valence-corrected chi connectivity index (χ1v) is 7.87. The van der Waals surface area contributed by atoms with Crippen LogP contribution in [0.25, 0.3) is 21.5 Å². The number of carboxylic acids is 1. The molecule has 3 rings (SSSR count). The van der Waals surface area contributed by atoms with Crippen molar-refractivity contribution in [3.8, 4) is 10.6 Å². The number of carbonyl (C=O) groups is 1. The fourth-order valence-corrected chi connectivity index (χ4v) is 3.50. The van der Waals surface area contributed by atoms with E-state index in [0.29, 0.717) is 17.4 Å². The van der Waals surface area contributed by atoms with E-state index in [4.69, 9.17) is 5.11 Å². The van der Waals surface area contributed by atoms with E-state index in [1.165, 1.54) is 6.07 Å². The topological polar surface area (TPSA) is 53.1 Å². The van der Waals surface area contributed by atoms with Crippen molar-refractivity contribution in [3.63, 3.8) is 0 Å². The van der Waals surface area contributed by atoms with Crippen molar-refractivity contribution in [2.45, 2.75) is 19.0 Å². The Morgan fingerprint density at radius 3 is 2.52 bits per heavy atom. The van der Waals surface area contributed by atoms with Crippen molar-refractivity contribution in [2.24, 2.45) is 0 Å². The van der Waals surface area contributed by atoms with Gasteiger partial charge in [0, 0.05) is 17.9 Å². The highest BCUT2D eigenvalue weighted by molar-refractivity contribution is 7.15. The van der Waals surface area contributed by atoms with E-state index in [1.807, 2.05) is 0 Å². The Labute approximate surface area is 141 Å². The standard InChI is InChI=1S/C16H10F5NO2S/c17-7-5-9-8(1-4-13(23)24)15(22-14(9)10(18)6-7)11-2-3-12(25-11)16(19,20)21/h2-3,5-6,22H,1,4H2,(H,23,24). The van der Waals surface area contributed by atoms with Gasteiger partial charge in [0.05, 0.1) is 16.1 Å². The van der Waals surface area contributed by atoms with E-state index >= 15 is 0 Å². The summed E-state index contributed by atoms with van der Waals surface area (Å²) in [5, 5.41) is 8.98. The van der Waals surface area contributed by atoms with Gasteiger partial charge in [-0.2, -0.15) is 13.2 Å². The molecule has 2 heterocycles. The average molecular weight is 375 g/mol. The summed E-state index contributed by atoms with van der Waals surface area (Å²) < 4.78 is 65.9. The number of benzene rings is 1. The van der Waals surface area contributed by atoms with E-state index in [2.05, 4.69) is 4.98 Å². The van der Waals surface area contributed by atoms with Crippen LogP contribution in [-0.4, -0.2) is 16.1 Å². The summed E-state index contributed by atoms with van der Waals surface area (Å²) in [7, 11) is 0. The van der Waals surface area contributed by atoms with E-state index in [9.17, 15) is 26.7 Å². The van der Waals surface area contributed by atoms with Gasteiger partial charge in [-0.05, 0) is 30.2 Å². The first-order chi connectivity index (χ1) is 11.7. The number of hydrogen-bond acceptors (Lipinski definition) is 2. The van der Waals surface area contributed by atoms with Gasteiger partial charge in [-0.15, -0.1) is 11.3 Å². The summed E-state index contributed by atoms with van der Waals surface area (Å²) in [6.07, 6.45) is -4.92. The average Bonchev–Trinajstić information content (AvgIpc) is 3.08. The molecule has 0 radical (unpaired) electrons. The number of aromatic nitrogens is 1. The smallest absolute Gasteiger partial charge is 0.425 e. The maximum Gasteiger partial charge on any atom is 0.425 e. The summed E-state index contributed by atoms with van der Waals surface area (Å²) in [5.74, 6) is -2.88. The maximum absolute atomic E-state index is 14.0. The normalized spacial score (nSPS) is 12.0. The van der Waals surface area contributed by atoms with E-state index < -0.39 is 28.7 Å². The fraction of sp³-hybridized carbons (Fsp3) is 0.188.